The Balaban J connectivity index is 1.46. The predicted octanol–water partition coefficient (Wildman–Crippen LogP) is 3.98. The molecular weight excluding hydrogens is 448 g/mol. The van der Waals surface area contributed by atoms with Crippen molar-refractivity contribution in [1.29, 1.82) is 0 Å². The van der Waals surface area contributed by atoms with Gasteiger partial charge in [0.2, 0.25) is 0 Å². The molecule has 1 aliphatic heterocycles. The average Bonchev–Trinajstić information content (AvgIpc) is 2.89. The highest BCUT2D eigenvalue weighted by Gasteiger charge is 2.26. The quantitative estimate of drug-likeness (QED) is 0.497. The first-order chi connectivity index (χ1) is 17.0. The van der Waals surface area contributed by atoms with Gasteiger partial charge in [0, 0.05) is 5.69 Å². The summed E-state index contributed by atoms with van der Waals surface area (Å²) in [5.41, 5.74) is 3.38. The summed E-state index contributed by atoms with van der Waals surface area (Å²) >= 11 is 0. The Labute approximate surface area is 203 Å². The number of rotatable bonds is 8. The van der Waals surface area contributed by atoms with Crippen LogP contribution in [0.4, 0.5) is 11.4 Å². The van der Waals surface area contributed by atoms with E-state index in [9.17, 15) is 14.4 Å². The standard InChI is InChI=1S/C27H26N2O6/c1-3-18-7-10-22(11-8-18)34-16-25(30)28-21-9-12-24-23(14-21)29(26(31)17-35-24)15-19-5-4-6-20(13-19)27(32)33-2/h4-14H,3,15-17H2,1-2H3,(H,28,30). The number of methoxy groups -OCH3 is 1. The Hall–Kier alpha value is -4.33. The summed E-state index contributed by atoms with van der Waals surface area (Å²) in [4.78, 5) is 38.6. The maximum Gasteiger partial charge on any atom is 0.337 e. The van der Waals surface area contributed by atoms with Gasteiger partial charge < -0.3 is 24.4 Å². The van der Waals surface area contributed by atoms with Gasteiger partial charge in [0.05, 0.1) is 24.9 Å². The first-order valence-electron chi connectivity index (χ1n) is 11.2. The van der Waals surface area contributed by atoms with E-state index in [0.29, 0.717) is 28.4 Å². The van der Waals surface area contributed by atoms with Gasteiger partial charge >= 0.3 is 5.97 Å². The molecule has 35 heavy (non-hydrogen) atoms. The van der Waals surface area contributed by atoms with E-state index in [0.717, 1.165) is 12.0 Å². The van der Waals surface area contributed by atoms with Crippen LogP contribution in [0.1, 0.15) is 28.4 Å². The van der Waals surface area contributed by atoms with Crippen molar-refractivity contribution in [2.24, 2.45) is 0 Å². The Morgan fingerprint density at radius 2 is 1.83 bits per heavy atom. The second-order valence-corrected chi connectivity index (χ2v) is 7.98. The molecule has 0 atom stereocenters. The number of aryl methyl sites for hydroxylation is 1. The molecule has 2 amide bonds. The van der Waals surface area contributed by atoms with Crippen LogP contribution in [0.3, 0.4) is 0 Å². The van der Waals surface area contributed by atoms with Crippen LogP contribution in [0.2, 0.25) is 0 Å². The van der Waals surface area contributed by atoms with Crippen LogP contribution < -0.4 is 19.7 Å². The number of benzene rings is 3. The molecule has 0 aliphatic carbocycles. The smallest absolute Gasteiger partial charge is 0.337 e. The Morgan fingerprint density at radius 3 is 2.57 bits per heavy atom. The highest BCUT2D eigenvalue weighted by molar-refractivity contribution is 5.99. The third kappa shape index (κ3) is 5.78. The van der Waals surface area contributed by atoms with Crippen molar-refractivity contribution in [3.8, 4) is 11.5 Å². The topological polar surface area (TPSA) is 94.2 Å². The lowest BCUT2D eigenvalue weighted by Gasteiger charge is -2.30. The summed E-state index contributed by atoms with van der Waals surface area (Å²) in [5, 5.41) is 2.80. The Bertz CT molecular complexity index is 1240. The molecule has 0 bridgehead atoms. The van der Waals surface area contributed by atoms with E-state index in [-0.39, 0.29) is 31.6 Å². The molecule has 0 saturated heterocycles. The van der Waals surface area contributed by atoms with Crippen molar-refractivity contribution >= 4 is 29.2 Å². The number of amides is 2. The third-order valence-corrected chi connectivity index (χ3v) is 5.58. The number of ether oxygens (including phenoxy) is 3. The zero-order valence-corrected chi connectivity index (χ0v) is 19.6. The van der Waals surface area contributed by atoms with E-state index in [2.05, 4.69) is 12.2 Å². The van der Waals surface area contributed by atoms with E-state index < -0.39 is 5.97 Å². The largest absolute Gasteiger partial charge is 0.484 e. The SMILES string of the molecule is CCc1ccc(OCC(=O)Nc2ccc3c(c2)N(Cc2cccc(C(=O)OC)c2)C(=O)CO3)cc1. The van der Waals surface area contributed by atoms with Crippen LogP contribution in [0.15, 0.2) is 66.7 Å². The first kappa shape index (κ1) is 23.8. The molecule has 3 aromatic rings. The van der Waals surface area contributed by atoms with Gasteiger partial charge in [0.25, 0.3) is 11.8 Å². The Kier molecular flexibility index (Phi) is 7.30. The summed E-state index contributed by atoms with van der Waals surface area (Å²) in [6.45, 7) is 2.05. The minimum Gasteiger partial charge on any atom is -0.484 e. The average molecular weight is 475 g/mol. The van der Waals surface area contributed by atoms with Crippen molar-refractivity contribution < 1.29 is 28.6 Å². The zero-order valence-electron chi connectivity index (χ0n) is 19.6. The molecule has 180 valence electrons. The van der Waals surface area contributed by atoms with Gasteiger partial charge in [-0.3, -0.25) is 9.59 Å². The maximum absolute atomic E-state index is 12.7. The minimum atomic E-state index is -0.450. The van der Waals surface area contributed by atoms with E-state index in [1.54, 1.807) is 41.3 Å². The maximum atomic E-state index is 12.7. The zero-order chi connectivity index (χ0) is 24.8. The molecule has 4 rings (SSSR count). The number of nitrogens with zero attached hydrogens (tertiary/aromatic N) is 1. The highest BCUT2D eigenvalue weighted by Crippen LogP contribution is 2.35. The summed E-state index contributed by atoms with van der Waals surface area (Å²) < 4.78 is 15.9. The molecule has 1 aliphatic rings. The van der Waals surface area contributed by atoms with Crippen LogP contribution in [0.5, 0.6) is 11.5 Å². The fraction of sp³-hybridized carbons (Fsp3) is 0.222. The molecule has 0 spiro atoms. The number of esters is 1. The summed E-state index contributed by atoms with van der Waals surface area (Å²) in [6, 6.07) is 19.6. The normalized spacial score (nSPS) is 12.4. The molecule has 0 fully saturated rings. The van der Waals surface area contributed by atoms with Gasteiger partial charge in [-0.2, -0.15) is 0 Å². The van der Waals surface area contributed by atoms with Crippen LogP contribution >= 0.6 is 0 Å². The molecule has 3 aromatic carbocycles. The number of hydrogen-bond acceptors (Lipinski definition) is 6. The lowest BCUT2D eigenvalue weighted by Crippen LogP contribution is -2.38. The van der Waals surface area contributed by atoms with Crippen molar-refractivity contribution in [3.63, 3.8) is 0 Å². The van der Waals surface area contributed by atoms with Crippen LogP contribution in [-0.2, 0) is 27.3 Å². The number of fused-ring (bicyclic) bond motifs is 1. The summed E-state index contributed by atoms with van der Waals surface area (Å²) in [6.07, 6.45) is 0.930. The molecule has 0 saturated carbocycles. The van der Waals surface area contributed by atoms with E-state index in [1.807, 2.05) is 30.3 Å². The number of nitrogens with one attached hydrogen (secondary N) is 1. The van der Waals surface area contributed by atoms with Gasteiger partial charge in [-0.05, 0) is 60.0 Å². The van der Waals surface area contributed by atoms with Crippen LogP contribution in [0.25, 0.3) is 0 Å². The number of carbonyl (C=O) groups is 3. The monoisotopic (exact) mass is 474 g/mol. The highest BCUT2D eigenvalue weighted by atomic mass is 16.5. The molecule has 8 heteroatoms. The molecule has 1 N–H and O–H groups in total. The summed E-state index contributed by atoms with van der Waals surface area (Å²) in [5.74, 6) is 0.128. The molecular formula is C27H26N2O6. The Morgan fingerprint density at radius 1 is 1.03 bits per heavy atom. The second-order valence-electron chi connectivity index (χ2n) is 7.98. The van der Waals surface area contributed by atoms with Gasteiger partial charge in [-0.15, -0.1) is 0 Å². The second kappa shape index (κ2) is 10.7. The molecule has 1 heterocycles. The third-order valence-electron chi connectivity index (χ3n) is 5.58. The lowest BCUT2D eigenvalue weighted by atomic mass is 10.1. The van der Waals surface area contributed by atoms with Gasteiger partial charge in [-0.1, -0.05) is 31.2 Å². The molecule has 0 unspecified atom stereocenters. The molecule has 0 radical (unpaired) electrons. The van der Waals surface area contributed by atoms with E-state index >= 15 is 0 Å². The van der Waals surface area contributed by atoms with E-state index in [4.69, 9.17) is 14.2 Å². The lowest BCUT2D eigenvalue weighted by molar-refractivity contribution is -0.121. The number of anilines is 2. The molecule has 0 aromatic heterocycles. The van der Waals surface area contributed by atoms with Crippen molar-refractivity contribution in [1.82, 2.24) is 0 Å². The van der Waals surface area contributed by atoms with Crippen molar-refractivity contribution in [2.45, 2.75) is 19.9 Å². The van der Waals surface area contributed by atoms with Crippen molar-refractivity contribution in [2.75, 3.05) is 30.5 Å². The number of carbonyl (C=O) groups excluding carboxylic acids is 3. The van der Waals surface area contributed by atoms with Gasteiger partial charge in [0.1, 0.15) is 11.5 Å². The predicted molar refractivity (Wildman–Crippen MR) is 131 cm³/mol. The fourth-order valence-corrected chi connectivity index (χ4v) is 3.72. The molecule has 8 nitrogen and oxygen atoms in total. The van der Waals surface area contributed by atoms with Crippen molar-refractivity contribution in [3.05, 3.63) is 83.4 Å². The van der Waals surface area contributed by atoms with Crippen LogP contribution in [0, 0.1) is 0 Å². The fourth-order valence-electron chi connectivity index (χ4n) is 3.72. The van der Waals surface area contributed by atoms with Gasteiger partial charge in [0.15, 0.2) is 13.2 Å². The van der Waals surface area contributed by atoms with Crippen LogP contribution in [-0.4, -0.2) is 38.1 Å². The minimum absolute atomic E-state index is 0.0972. The number of hydrogen-bond donors (Lipinski definition) is 1. The summed E-state index contributed by atoms with van der Waals surface area (Å²) in [7, 11) is 1.32. The first-order valence-corrected chi connectivity index (χ1v) is 11.2. The van der Waals surface area contributed by atoms with Gasteiger partial charge in [-0.25, -0.2) is 4.79 Å². The van der Waals surface area contributed by atoms with E-state index in [1.165, 1.54) is 12.7 Å².